The predicted octanol–water partition coefficient (Wildman–Crippen LogP) is 2.40. The first-order valence-electron chi connectivity index (χ1n) is 8.32. The Hall–Kier alpha value is -2.42. The van der Waals surface area contributed by atoms with Crippen molar-refractivity contribution in [3.8, 4) is 0 Å². The predicted molar refractivity (Wildman–Crippen MR) is 98.6 cm³/mol. The van der Waals surface area contributed by atoms with E-state index >= 15 is 0 Å². The second-order valence-electron chi connectivity index (χ2n) is 6.20. The molecule has 2 atom stereocenters. The largest absolute Gasteiger partial charge is 0.391 e. The van der Waals surface area contributed by atoms with E-state index in [0.29, 0.717) is 41.0 Å². The van der Waals surface area contributed by atoms with Crippen LogP contribution in [0.3, 0.4) is 0 Å². The Kier molecular flexibility index (Phi) is 4.62. The van der Waals surface area contributed by atoms with Crippen molar-refractivity contribution in [3.05, 3.63) is 47.4 Å². The van der Waals surface area contributed by atoms with Crippen LogP contribution in [0.25, 0.3) is 5.65 Å². The molecule has 0 amide bonds. The van der Waals surface area contributed by atoms with Gasteiger partial charge < -0.3 is 21.1 Å². The summed E-state index contributed by atoms with van der Waals surface area (Å²) in [6.07, 6.45) is 1.71. The molecule has 3 heterocycles. The number of halogens is 2. The van der Waals surface area contributed by atoms with Crippen LogP contribution in [0, 0.1) is 5.82 Å². The third kappa shape index (κ3) is 3.44. The number of hydrogen-bond donors (Lipinski definition) is 4. The van der Waals surface area contributed by atoms with Crippen LogP contribution < -0.4 is 16.0 Å². The van der Waals surface area contributed by atoms with E-state index < -0.39 is 6.10 Å². The number of aliphatic hydroxyl groups excluding tert-OH is 1. The van der Waals surface area contributed by atoms with E-state index in [1.165, 1.54) is 18.3 Å². The lowest BCUT2D eigenvalue weighted by atomic mass is 10.0. The molecule has 7 nitrogen and oxygen atoms in total. The van der Waals surface area contributed by atoms with Gasteiger partial charge in [-0.3, -0.25) is 0 Å². The molecule has 0 radical (unpaired) electrons. The second-order valence-corrected chi connectivity index (χ2v) is 6.61. The smallest absolute Gasteiger partial charge is 0.178 e. The summed E-state index contributed by atoms with van der Waals surface area (Å²) in [5.74, 6) is 0.786. The number of rotatable bonds is 4. The van der Waals surface area contributed by atoms with Crippen LogP contribution in [0.4, 0.5) is 21.7 Å². The molecule has 4 rings (SSSR count). The third-order valence-corrected chi connectivity index (χ3v) is 4.57. The standard InChI is InChI=1S/C17H18ClFN6O/c18-12-8-21-25-16(22-11-3-1-2-10(19)6-11)7-15(24-17(12)25)23-13-9-20-5-4-14(13)26/h1-3,6-8,13-14,20,22,26H,4-5,9H2,(H,23,24)/t13-,14-/m0/s1. The fourth-order valence-electron chi connectivity index (χ4n) is 3.00. The highest BCUT2D eigenvalue weighted by Gasteiger charge is 2.23. The van der Waals surface area contributed by atoms with Crippen molar-refractivity contribution in [2.75, 3.05) is 23.7 Å². The lowest BCUT2D eigenvalue weighted by molar-refractivity contribution is 0.124. The molecule has 0 saturated carbocycles. The van der Waals surface area contributed by atoms with E-state index in [1.807, 2.05) is 0 Å². The molecule has 9 heteroatoms. The molecular weight excluding hydrogens is 359 g/mol. The van der Waals surface area contributed by atoms with Crippen LogP contribution in [0.2, 0.25) is 5.02 Å². The van der Waals surface area contributed by atoms with Gasteiger partial charge in [-0.1, -0.05) is 17.7 Å². The minimum Gasteiger partial charge on any atom is -0.391 e. The number of hydrogen-bond acceptors (Lipinski definition) is 6. The summed E-state index contributed by atoms with van der Waals surface area (Å²) in [6, 6.07) is 7.73. The molecule has 1 saturated heterocycles. The number of nitrogens with one attached hydrogen (secondary N) is 3. The van der Waals surface area contributed by atoms with Gasteiger partial charge in [-0.15, -0.1) is 0 Å². The lowest BCUT2D eigenvalue weighted by Crippen LogP contribution is -2.48. The Labute approximate surface area is 154 Å². The van der Waals surface area contributed by atoms with Crippen LogP contribution in [-0.4, -0.2) is 44.9 Å². The van der Waals surface area contributed by atoms with E-state index in [4.69, 9.17) is 11.6 Å². The van der Waals surface area contributed by atoms with Gasteiger partial charge >= 0.3 is 0 Å². The maximum atomic E-state index is 13.5. The average Bonchev–Trinajstić information content (AvgIpc) is 2.99. The zero-order chi connectivity index (χ0) is 18.1. The Morgan fingerprint density at radius 1 is 1.35 bits per heavy atom. The number of benzene rings is 1. The van der Waals surface area contributed by atoms with Crippen LogP contribution in [-0.2, 0) is 0 Å². The molecule has 136 valence electrons. The van der Waals surface area contributed by atoms with Crippen LogP contribution >= 0.6 is 11.6 Å². The van der Waals surface area contributed by atoms with E-state index in [0.717, 1.165) is 6.54 Å². The first-order valence-corrected chi connectivity index (χ1v) is 8.70. The van der Waals surface area contributed by atoms with Crippen molar-refractivity contribution >= 4 is 34.6 Å². The average molecular weight is 377 g/mol. The first kappa shape index (κ1) is 17.0. The second kappa shape index (κ2) is 7.06. The van der Waals surface area contributed by atoms with E-state index in [2.05, 4.69) is 26.0 Å². The van der Waals surface area contributed by atoms with Gasteiger partial charge in [0, 0.05) is 18.3 Å². The fourth-order valence-corrected chi connectivity index (χ4v) is 3.16. The monoisotopic (exact) mass is 376 g/mol. The van der Waals surface area contributed by atoms with Crippen molar-refractivity contribution in [3.63, 3.8) is 0 Å². The number of anilines is 3. The summed E-state index contributed by atoms with van der Waals surface area (Å²) in [5.41, 5.74) is 1.04. The Bertz CT molecular complexity index is 933. The third-order valence-electron chi connectivity index (χ3n) is 4.30. The molecular formula is C17H18ClFN6O. The molecule has 1 fully saturated rings. The minimum absolute atomic E-state index is 0.164. The van der Waals surface area contributed by atoms with Crippen molar-refractivity contribution < 1.29 is 9.50 Å². The van der Waals surface area contributed by atoms with Gasteiger partial charge in [-0.25, -0.2) is 9.37 Å². The molecule has 0 unspecified atom stereocenters. The number of piperidine rings is 1. The van der Waals surface area contributed by atoms with Crippen LogP contribution in [0.15, 0.2) is 36.5 Å². The summed E-state index contributed by atoms with van der Waals surface area (Å²) >= 11 is 6.19. The van der Waals surface area contributed by atoms with Crippen molar-refractivity contribution in [2.45, 2.75) is 18.6 Å². The highest BCUT2D eigenvalue weighted by Crippen LogP contribution is 2.25. The Morgan fingerprint density at radius 3 is 3.04 bits per heavy atom. The fraction of sp³-hybridized carbons (Fsp3) is 0.294. The zero-order valence-electron chi connectivity index (χ0n) is 13.8. The lowest BCUT2D eigenvalue weighted by Gasteiger charge is -2.29. The highest BCUT2D eigenvalue weighted by molar-refractivity contribution is 6.33. The summed E-state index contributed by atoms with van der Waals surface area (Å²) in [6.45, 7) is 1.42. The van der Waals surface area contributed by atoms with E-state index in [1.54, 1.807) is 22.7 Å². The molecule has 26 heavy (non-hydrogen) atoms. The molecule has 0 bridgehead atoms. The zero-order valence-corrected chi connectivity index (χ0v) is 14.5. The van der Waals surface area contributed by atoms with Crippen molar-refractivity contribution in [2.24, 2.45) is 0 Å². The topological polar surface area (TPSA) is 86.5 Å². The number of nitrogens with zero attached hydrogens (tertiary/aromatic N) is 3. The molecule has 1 aromatic carbocycles. The van der Waals surface area contributed by atoms with Gasteiger partial charge in [0.25, 0.3) is 0 Å². The van der Waals surface area contributed by atoms with Gasteiger partial charge in [-0.05, 0) is 31.2 Å². The van der Waals surface area contributed by atoms with E-state index in [-0.39, 0.29) is 11.9 Å². The molecule has 1 aliphatic rings. The van der Waals surface area contributed by atoms with Crippen LogP contribution in [0.1, 0.15) is 6.42 Å². The van der Waals surface area contributed by atoms with Gasteiger partial charge in [0.1, 0.15) is 22.5 Å². The van der Waals surface area contributed by atoms with Crippen molar-refractivity contribution in [1.29, 1.82) is 0 Å². The van der Waals surface area contributed by atoms with E-state index in [9.17, 15) is 9.50 Å². The van der Waals surface area contributed by atoms with Gasteiger partial charge in [0.15, 0.2) is 5.65 Å². The molecule has 1 aliphatic heterocycles. The SMILES string of the molecule is O[C@H]1CCNC[C@@H]1Nc1cc(Nc2cccc(F)c2)n2ncc(Cl)c2n1. The molecule has 3 aromatic rings. The molecule has 0 aliphatic carbocycles. The summed E-state index contributed by atoms with van der Waals surface area (Å²) < 4.78 is 15.0. The normalized spacial score (nSPS) is 20.3. The highest BCUT2D eigenvalue weighted by atomic mass is 35.5. The Balaban J connectivity index is 1.69. The molecule has 2 aromatic heterocycles. The van der Waals surface area contributed by atoms with Crippen molar-refractivity contribution in [1.82, 2.24) is 19.9 Å². The number of fused-ring (bicyclic) bond motifs is 1. The van der Waals surface area contributed by atoms with Crippen LogP contribution in [0.5, 0.6) is 0 Å². The summed E-state index contributed by atoms with van der Waals surface area (Å²) in [7, 11) is 0. The summed E-state index contributed by atoms with van der Waals surface area (Å²) in [5, 5.41) is 24.4. The quantitative estimate of drug-likeness (QED) is 0.559. The Morgan fingerprint density at radius 2 is 2.23 bits per heavy atom. The van der Waals surface area contributed by atoms with Gasteiger partial charge in [0.2, 0.25) is 0 Å². The minimum atomic E-state index is -0.464. The first-order chi connectivity index (χ1) is 12.6. The number of aromatic nitrogens is 3. The summed E-state index contributed by atoms with van der Waals surface area (Å²) in [4.78, 5) is 4.49. The van der Waals surface area contributed by atoms with Gasteiger partial charge in [-0.2, -0.15) is 9.61 Å². The molecule has 0 spiro atoms. The van der Waals surface area contributed by atoms with Gasteiger partial charge in [0.05, 0.1) is 18.3 Å². The maximum Gasteiger partial charge on any atom is 0.178 e. The number of aliphatic hydroxyl groups is 1. The molecule has 4 N–H and O–H groups in total. The maximum absolute atomic E-state index is 13.5.